The average Bonchev–Trinajstić information content (AvgIpc) is 3.05. The van der Waals surface area contributed by atoms with E-state index in [-0.39, 0.29) is 23.8 Å². The topological polar surface area (TPSA) is 70.7 Å². The summed E-state index contributed by atoms with van der Waals surface area (Å²) < 4.78 is 5.49. The molecule has 1 unspecified atom stereocenters. The molecule has 126 valence electrons. The van der Waals surface area contributed by atoms with Gasteiger partial charge >= 0.3 is 0 Å². The predicted octanol–water partition coefficient (Wildman–Crippen LogP) is 0.520. The van der Waals surface area contributed by atoms with Gasteiger partial charge < -0.3 is 15.4 Å². The molecular formula is C16H29N3O3. The number of likely N-dealkylation sites (tertiary alicyclic amines) is 1. The minimum absolute atomic E-state index is 0.0596. The molecule has 2 aliphatic rings. The summed E-state index contributed by atoms with van der Waals surface area (Å²) in [6.45, 7) is 6.30. The van der Waals surface area contributed by atoms with Gasteiger partial charge in [0.2, 0.25) is 11.8 Å². The second-order valence-corrected chi connectivity index (χ2v) is 6.28. The van der Waals surface area contributed by atoms with Crippen LogP contribution in [0, 0.1) is 5.92 Å². The van der Waals surface area contributed by atoms with Gasteiger partial charge in [-0.3, -0.25) is 14.5 Å². The van der Waals surface area contributed by atoms with Crippen molar-refractivity contribution in [3.8, 4) is 0 Å². The highest BCUT2D eigenvalue weighted by Crippen LogP contribution is 2.17. The van der Waals surface area contributed by atoms with Crippen LogP contribution < -0.4 is 10.6 Å². The summed E-state index contributed by atoms with van der Waals surface area (Å²) in [6.07, 6.45) is 4.97. The van der Waals surface area contributed by atoms with Gasteiger partial charge in [-0.25, -0.2) is 0 Å². The Morgan fingerprint density at radius 3 is 2.59 bits per heavy atom. The Morgan fingerprint density at radius 1 is 1.18 bits per heavy atom. The molecule has 6 nitrogen and oxygen atoms in total. The SMILES string of the molecule is CCCNC(=O)C1CCN(CC(=O)NCC2CCCO2)CC1. The third-order valence-corrected chi connectivity index (χ3v) is 4.43. The van der Waals surface area contributed by atoms with Crippen LogP contribution >= 0.6 is 0 Å². The summed E-state index contributed by atoms with van der Waals surface area (Å²) >= 11 is 0. The fraction of sp³-hybridized carbons (Fsp3) is 0.875. The van der Waals surface area contributed by atoms with Crippen LogP contribution in [0.25, 0.3) is 0 Å². The summed E-state index contributed by atoms with van der Waals surface area (Å²) in [7, 11) is 0. The largest absolute Gasteiger partial charge is 0.376 e. The molecule has 2 heterocycles. The molecule has 22 heavy (non-hydrogen) atoms. The van der Waals surface area contributed by atoms with Gasteiger partial charge in [-0.15, -0.1) is 0 Å². The highest BCUT2D eigenvalue weighted by Gasteiger charge is 2.25. The maximum atomic E-state index is 11.9. The normalized spacial score (nSPS) is 23.4. The quantitative estimate of drug-likeness (QED) is 0.719. The van der Waals surface area contributed by atoms with E-state index >= 15 is 0 Å². The minimum atomic E-state index is 0.0596. The van der Waals surface area contributed by atoms with Gasteiger partial charge in [0.05, 0.1) is 12.6 Å². The number of hydrogen-bond acceptors (Lipinski definition) is 4. The van der Waals surface area contributed by atoms with Crippen molar-refractivity contribution in [2.24, 2.45) is 5.92 Å². The zero-order valence-electron chi connectivity index (χ0n) is 13.6. The van der Waals surface area contributed by atoms with Crippen molar-refractivity contribution in [3.05, 3.63) is 0 Å². The average molecular weight is 311 g/mol. The van der Waals surface area contributed by atoms with Crippen LogP contribution in [0.4, 0.5) is 0 Å². The van der Waals surface area contributed by atoms with Crippen LogP contribution in [0.3, 0.4) is 0 Å². The predicted molar refractivity (Wildman–Crippen MR) is 84.4 cm³/mol. The summed E-state index contributed by atoms with van der Waals surface area (Å²) in [4.78, 5) is 26.0. The third-order valence-electron chi connectivity index (χ3n) is 4.43. The lowest BCUT2D eigenvalue weighted by molar-refractivity contribution is -0.126. The van der Waals surface area contributed by atoms with Gasteiger partial charge in [-0.2, -0.15) is 0 Å². The Bertz CT molecular complexity index is 362. The van der Waals surface area contributed by atoms with Crippen LogP contribution in [0.2, 0.25) is 0 Å². The third kappa shape index (κ3) is 5.57. The molecule has 2 amide bonds. The van der Waals surface area contributed by atoms with E-state index in [1.165, 1.54) is 0 Å². The zero-order chi connectivity index (χ0) is 15.8. The molecule has 2 fully saturated rings. The van der Waals surface area contributed by atoms with Crippen molar-refractivity contribution < 1.29 is 14.3 Å². The van der Waals surface area contributed by atoms with E-state index in [1.807, 2.05) is 0 Å². The molecule has 0 saturated carbocycles. The molecule has 0 spiro atoms. The van der Waals surface area contributed by atoms with Crippen LogP contribution in [-0.4, -0.2) is 62.1 Å². The molecule has 2 N–H and O–H groups in total. The van der Waals surface area contributed by atoms with Crippen molar-refractivity contribution in [1.82, 2.24) is 15.5 Å². The number of rotatable bonds is 7. The van der Waals surface area contributed by atoms with Crippen LogP contribution in [0.5, 0.6) is 0 Å². The van der Waals surface area contributed by atoms with Crippen molar-refractivity contribution in [2.45, 2.75) is 45.1 Å². The Labute approximate surface area is 132 Å². The minimum Gasteiger partial charge on any atom is -0.376 e. The van der Waals surface area contributed by atoms with Gasteiger partial charge in [0.1, 0.15) is 0 Å². The lowest BCUT2D eigenvalue weighted by Gasteiger charge is -2.30. The first-order chi connectivity index (χ1) is 10.7. The summed E-state index contributed by atoms with van der Waals surface area (Å²) in [6, 6.07) is 0. The Kier molecular flexibility index (Phi) is 7.12. The highest BCUT2D eigenvalue weighted by atomic mass is 16.5. The lowest BCUT2D eigenvalue weighted by atomic mass is 9.96. The Morgan fingerprint density at radius 2 is 1.95 bits per heavy atom. The molecule has 2 saturated heterocycles. The van der Waals surface area contributed by atoms with E-state index in [0.717, 1.165) is 58.3 Å². The van der Waals surface area contributed by atoms with Gasteiger partial charge in [0.15, 0.2) is 0 Å². The molecule has 0 radical (unpaired) electrons. The van der Waals surface area contributed by atoms with Gasteiger partial charge in [0, 0.05) is 25.6 Å². The monoisotopic (exact) mass is 311 g/mol. The van der Waals surface area contributed by atoms with Crippen molar-refractivity contribution in [3.63, 3.8) is 0 Å². The summed E-state index contributed by atoms with van der Waals surface area (Å²) in [5, 5.41) is 5.91. The molecule has 2 rings (SSSR count). The number of carbonyl (C=O) groups excluding carboxylic acids is 2. The first-order valence-corrected chi connectivity index (χ1v) is 8.57. The molecule has 0 aliphatic carbocycles. The number of nitrogens with zero attached hydrogens (tertiary/aromatic N) is 1. The smallest absolute Gasteiger partial charge is 0.234 e. The fourth-order valence-corrected chi connectivity index (χ4v) is 3.04. The standard InChI is InChI=1S/C16H29N3O3/c1-2-7-17-16(21)13-5-8-19(9-6-13)12-15(20)18-11-14-4-3-10-22-14/h13-14H,2-12H2,1H3,(H,17,21)(H,18,20). The first kappa shape index (κ1) is 17.2. The Balaban J connectivity index is 1.60. The van der Waals surface area contributed by atoms with E-state index in [1.54, 1.807) is 0 Å². The van der Waals surface area contributed by atoms with E-state index in [9.17, 15) is 9.59 Å². The number of amides is 2. The van der Waals surface area contributed by atoms with E-state index in [2.05, 4.69) is 22.5 Å². The number of ether oxygens (including phenoxy) is 1. The molecule has 2 aliphatic heterocycles. The van der Waals surface area contributed by atoms with Gasteiger partial charge in [-0.05, 0) is 45.2 Å². The number of hydrogen-bond donors (Lipinski definition) is 2. The second-order valence-electron chi connectivity index (χ2n) is 6.28. The van der Waals surface area contributed by atoms with Crippen LogP contribution in [-0.2, 0) is 14.3 Å². The second kappa shape index (κ2) is 9.10. The maximum absolute atomic E-state index is 11.9. The molecule has 1 atom stereocenters. The highest BCUT2D eigenvalue weighted by molar-refractivity contribution is 5.79. The van der Waals surface area contributed by atoms with E-state index < -0.39 is 0 Å². The molecule has 0 bridgehead atoms. The molecular weight excluding hydrogens is 282 g/mol. The van der Waals surface area contributed by atoms with Crippen molar-refractivity contribution in [2.75, 3.05) is 39.3 Å². The summed E-state index contributed by atoms with van der Waals surface area (Å²) in [5.41, 5.74) is 0. The zero-order valence-corrected chi connectivity index (χ0v) is 13.6. The van der Waals surface area contributed by atoms with Crippen LogP contribution in [0.15, 0.2) is 0 Å². The molecule has 0 aromatic carbocycles. The lowest BCUT2D eigenvalue weighted by Crippen LogP contribution is -2.45. The summed E-state index contributed by atoms with van der Waals surface area (Å²) in [5.74, 6) is 0.339. The fourth-order valence-electron chi connectivity index (χ4n) is 3.04. The van der Waals surface area contributed by atoms with Gasteiger partial charge in [-0.1, -0.05) is 6.92 Å². The van der Waals surface area contributed by atoms with Crippen LogP contribution in [0.1, 0.15) is 39.0 Å². The number of carbonyl (C=O) groups is 2. The number of piperidine rings is 1. The first-order valence-electron chi connectivity index (χ1n) is 8.57. The number of nitrogens with one attached hydrogen (secondary N) is 2. The van der Waals surface area contributed by atoms with Crippen molar-refractivity contribution in [1.29, 1.82) is 0 Å². The molecule has 0 aromatic heterocycles. The molecule has 6 heteroatoms. The maximum Gasteiger partial charge on any atom is 0.234 e. The molecule has 0 aromatic rings. The Hall–Kier alpha value is -1.14. The van der Waals surface area contributed by atoms with E-state index in [4.69, 9.17) is 4.74 Å². The van der Waals surface area contributed by atoms with Crippen molar-refractivity contribution >= 4 is 11.8 Å². The van der Waals surface area contributed by atoms with Gasteiger partial charge in [0.25, 0.3) is 0 Å². The van der Waals surface area contributed by atoms with E-state index in [0.29, 0.717) is 13.1 Å².